The van der Waals surface area contributed by atoms with Crippen LogP contribution < -0.4 is 0 Å². The van der Waals surface area contributed by atoms with Gasteiger partial charge in [-0.1, -0.05) is 6.07 Å². The first-order chi connectivity index (χ1) is 6.70. The number of pyridine rings is 1. The van der Waals surface area contributed by atoms with Gasteiger partial charge in [0.2, 0.25) is 0 Å². The molecule has 0 saturated carbocycles. The zero-order chi connectivity index (χ0) is 10.1. The Morgan fingerprint density at radius 1 is 1.21 bits per heavy atom. The summed E-state index contributed by atoms with van der Waals surface area (Å²) in [6, 6.07) is 7.66. The SMILES string of the molecule is CN(C)C(=O)c1ccn2ccccc12. The second-order valence-corrected chi connectivity index (χ2v) is 3.42. The van der Waals surface area contributed by atoms with Gasteiger partial charge in [-0.25, -0.2) is 0 Å². The van der Waals surface area contributed by atoms with Gasteiger partial charge in [-0.3, -0.25) is 4.79 Å². The fourth-order valence-electron chi connectivity index (χ4n) is 1.48. The Bertz CT molecular complexity index is 471. The molecule has 0 saturated heterocycles. The van der Waals surface area contributed by atoms with Gasteiger partial charge in [0.25, 0.3) is 5.91 Å². The Morgan fingerprint density at radius 2 is 2.00 bits per heavy atom. The van der Waals surface area contributed by atoms with Crippen LogP contribution in [0.3, 0.4) is 0 Å². The molecule has 2 aromatic rings. The molecule has 2 rings (SSSR count). The Labute approximate surface area is 82.6 Å². The van der Waals surface area contributed by atoms with E-state index in [4.69, 9.17) is 0 Å². The largest absolute Gasteiger partial charge is 0.345 e. The van der Waals surface area contributed by atoms with E-state index >= 15 is 0 Å². The molecule has 0 radical (unpaired) electrons. The number of hydrogen-bond acceptors (Lipinski definition) is 1. The van der Waals surface area contributed by atoms with Crippen LogP contribution in [-0.4, -0.2) is 29.3 Å². The maximum absolute atomic E-state index is 11.7. The molecular formula is C11H12N2O. The number of fused-ring (bicyclic) bond motifs is 1. The molecule has 2 aromatic heterocycles. The van der Waals surface area contributed by atoms with Crippen molar-refractivity contribution >= 4 is 11.4 Å². The molecule has 0 unspecified atom stereocenters. The molecule has 14 heavy (non-hydrogen) atoms. The quantitative estimate of drug-likeness (QED) is 0.667. The van der Waals surface area contributed by atoms with Gasteiger partial charge in [0.15, 0.2) is 0 Å². The summed E-state index contributed by atoms with van der Waals surface area (Å²) < 4.78 is 1.94. The van der Waals surface area contributed by atoms with Gasteiger partial charge in [0.1, 0.15) is 0 Å². The Balaban J connectivity index is 2.58. The fraction of sp³-hybridized carbons (Fsp3) is 0.182. The normalized spacial score (nSPS) is 10.4. The van der Waals surface area contributed by atoms with Gasteiger partial charge in [0.05, 0.1) is 11.1 Å². The number of aromatic nitrogens is 1. The van der Waals surface area contributed by atoms with E-state index in [0.29, 0.717) is 0 Å². The Morgan fingerprint density at radius 3 is 2.71 bits per heavy atom. The van der Waals surface area contributed by atoms with Crippen molar-refractivity contribution in [2.75, 3.05) is 14.1 Å². The summed E-state index contributed by atoms with van der Waals surface area (Å²) in [6.45, 7) is 0. The first-order valence-corrected chi connectivity index (χ1v) is 4.47. The lowest BCUT2D eigenvalue weighted by Crippen LogP contribution is -2.21. The van der Waals surface area contributed by atoms with E-state index in [2.05, 4.69) is 0 Å². The minimum atomic E-state index is 0.0405. The Kier molecular flexibility index (Phi) is 2.00. The first-order valence-electron chi connectivity index (χ1n) is 4.47. The van der Waals surface area contributed by atoms with E-state index in [0.717, 1.165) is 11.1 Å². The smallest absolute Gasteiger partial charge is 0.255 e. The number of hydrogen-bond donors (Lipinski definition) is 0. The van der Waals surface area contributed by atoms with Gasteiger partial charge in [-0.2, -0.15) is 0 Å². The maximum atomic E-state index is 11.7. The van der Waals surface area contributed by atoms with Gasteiger partial charge < -0.3 is 9.30 Å². The van der Waals surface area contributed by atoms with Crippen molar-refractivity contribution < 1.29 is 4.79 Å². The second kappa shape index (κ2) is 3.18. The van der Waals surface area contributed by atoms with E-state index in [1.807, 2.05) is 41.1 Å². The highest BCUT2D eigenvalue weighted by molar-refractivity contribution is 6.00. The van der Waals surface area contributed by atoms with Crippen LogP contribution >= 0.6 is 0 Å². The van der Waals surface area contributed by atoms with E-state index in [-0.39, 0.29) is 5.91 Å². The molecule has 3 nitrogen and oxygen atoms in total. The molecule has 0 N–H and O–H groups in total. The van der Waals surface area contributed by atoms with Crippen molar-refractivity contribution in [3.63, 3.8) is 0 Å². The van der Waals surface area contributed by atoms with Crippen LogP contribution in [0.4, 0.5) is 0 Å². The molecule has 0 aliphatic rings. The average molecular weight is 188 g/mol. The monoisotopic (exact) mass is 188 g/mol. The van der Waals surface area contributed by atoms with E-state index in [1.54, 1.807) is 19.0 Å². The van der Waals surface area contributed by atoms with Crippen LogP contribution in [0.15, 0.2) is 36.7 Å². The van der Waals surface area contributed by atoms with Crippen molar-refractivity contribution in [2.24, 2.45) is 0 Å². The third-order valence-electron chi connectivity index (χ3n) is 2.20. The lowest BCUT2D eigenvalue weighted by molar-refractivity contribution is 0.0829. The number of amides is 1. The van der Waals surface area contributed by atoms with E-state index in [9.17, 15) is 4.79 Å². The van der Waals surface area contributed by atoms with Crippen LogP contribution in [0, 0.1) is 0 Å². The molecule has 2 heterocycles. The zero-order valence-corrected chi connectivity index (χ0v) is 8.27. The van der Waals surface area contributed by atoms with Gasteiger partial charge >= 0.3 is 0 Å². The van der Waals surface area contributed by atoms with Crippen LogP contribution in [-0.2, 0) is 0 Å². The van der Waals surface area contributed by atoms with Crippen molar-refractivity contribution in [1.82, 2.24) is 9.30 Å². The van der Waals surface area contributed by atoms with Crippen molar-refractivity contribution in [1.29, 1.82) is 0 Å². The summed E-state index contributed by atoms with van der Waals surface area (Å²) >= 11 is 0. The standard InChI is InChI=1S/C11H12N2O/c1-12(2)11(14)9-6-8-13-7-4-3-5-10(9)13/h3-8H,1-2H3. The predicted molar refractivity (Wildman–Crippen MR) is 55.4 cm³/mol. The number of rotatable bonds is 1. The third-order valence-corrected chi connectivity index (χ3v) is 2.20. The van der Waals surface area contributed by atoms with Crippen molar-refractivity contribution in [3.8, 4) is 0 Å². The lowest BCUT2D eigenvalue weighted by atomic mass is 10.2. The molecule has 0 spiro atoms. The first kappa shape index (κ1) is 8.81. The van der Waals surface area contributed by atoms with Gasteiger partial charge in [-0.05, 0) is 18.2 Å². The summed E-state index contributed by atoms with van der Waals surface area (Å²) in [5.74, 6) is 0.0405. The Hall–Kier alpha value is -1.77. The summed E-state index contributed by atoms with van der Waals surface area (Å²) in [7, 11) is 3.52. The minimum Gasteiger partial charge on any atom is -0.345 e. The molecule has 0 fully saturated rings. The van der Waals surface area contributed by atoms with Crippen LogP contribution in [0.5, 0.6) is 0 Å². The molecule has 1 amide bonds. The summed E-state index contributed by atoms with van der Waals surface area (Å²) in [4.78, 5) is 13.3. The molecule has 0 aliphatic carbocycles. The third kappa shape index (κ3) is 1.27. The highest BCUT2D eigenvalue weighted by atomic mass is 16.2. The fourth-order valence-corrected chi connectivity index (χ4v) is 1.48. The molecule has 0 bridgehead atoms. The highest BCUT2D eigenvalue weighted by Gasteiger charge is 2.11. The lowest BCUT2D eigenvalue weighted by Gasteiger charge is -2.08. The number of carbonyl (C=O) groups is 1. The number of carbonyl (C=O) groups excluding carboxylic acids is 1. The highest BCUT2D eigenvalue weighted by Crippen LogP contribution is 2.13. The zero-order valence-electron chi connectivity index (χ0n) is 8.27. The van der Waals surface area contributed by atoms with Crippen LogP contribution in [0.1, 0.15) is 10.4 Å². The van der Waals surface area contributed by atoms with Gasteiger partial charge in [-0.15, -0.1) is 0 Å². The predicted octanol–water partition coefficient (Wildman–Crippen LogP) is 1.64. The molecule has 72 valence electrons. The molecule has 0 aromatic carbocycles. The topological polar surface area (TPSA) is 24.7 Å². The van der Waals surface area contributed by atoms with E-state index in [1.165, 1.54) is 0 Å². The van der Waals surface area contributed by atoms with Crippen molar-refractivity contribution in [2.45, 2.75) is 0 Å². The van der Waals surface area contributed by atoms with Gasteiger partial charge in [0, 0.05) is 26.5 Å². The average Bonchev–Trinajstić information content (AvgIpc) is 2.60. The summed E-state index contributed by atoms with van der Waals surface area (Å²) in [5, 5.41) is 0. The maximum Gasteiger partial charge on any atom is 0.255 e. The van der Waals surface area contributed by atoms with Crippen LogP contribution in [0.2, 0.25) is 0 Å². The summed E-state index contributed by atoms with van der Waals surface area (Å²) in [5.41, 5.74) is 1.70. The molecule has 0 aliphatic heterocycles. The van der Waals surface area contributed by atoms with Crippen molar-refractivity contribution in [3.05, 3.63) is 42.2 Å². The minimum absolute atomic E-state index is 0.0405. The second-order valence-electron chi connectivity index (χ2n) is 3.42. The molecule has 0 atom stereocenters. The molecule has 3 heteroatoms. The van der Waals surface area contributed by atoms with Crippen LogP contribution in [0.25, 0.3) is 5.52 Å². The summed E-state index contributed by atoms with van der Waals surface area (Å²) in [6.07, 6.45) is 3.83. The molecular weight excluding hydrogens is 176 g/mol. The number of nitrogens with zero attached hydrogens (tertiary/aromatic N) is 2. The van der Waals surface area contributed by atoms with E-state index < -0.39 is 0 Å².